The summed E-state index contributed by atoms with van der Waals surface area (Å²) in [6.45, 7) is 2.17. The third-order valence-electron chi connectivity index (χ3n) is 24.8. The zero-order chi connectivity index (χ0) is 88.5. The molecule has 0 aliphatic heterocycles. The SMILES string of the molecule is CCc1nc2cc(-c3cccc(-c4cc(-c5ccccc5)nc(-c5ccccc5-c5ccc(-c6nc(-c7ccccc7)cc(-c7ccccc7-c7ccccc7)n6)cc5-c5cc6ccccc6c6ccccc56)n4)c3)ccc2n1-c1cccc(-c2cc(-c3nc(-c4ccccc4)nc(-c4ccccc4)n3)ccc2-c2ccccc2-c2nc(-c3ccccc3)nc(-c3ccccc3)n2)c1. The molecule has 5 heterocycles. The average molecular weight is 1700 g/mol. The fourth-order valence-electron chi connectivity index (χ4n) is 18.3. The fraction of sp³-hybridized carbons (Fsp3) is 0.0165. The van der Waals surface area contributed by atoms with Crippen molar-refractivity contribution in [1.29, 1.82) is 0 Å². The molecule has 0 aliphatic rings. The minimum atomic E-state index is 0.535. The summed E-state index contributed by atoms with van der Waals surface area (Å²) in [5.41, 5.74) is 28.9. The summed E-state index contributed by atoms with van der Waals surface area (Å²) in [5, 5.41) is 4.60. The van der Waals surface area contributed by atoms with Crippen LogP contribution in [0, 0.1) is 0 Å². The topological polar surface area (TPSA) is 147 Å². The Morgan fingerprint density at radius 3 is 1.09 bits per heavy atom. The molecule has 0 bridgehead atoms. The van der Waals surface area contributed by atoms with E-state index in [2.05, 4.69) is 327 Å². The minimum Gasteiger partial charge on any atom is -0.296 e. The third-order valence-corrected chi connectivity index (χ3v) is 24.8. The van der Waals surface area contributed by atoms with Crippen molar-refractivity contribution in [2.24, 2.45) is 0 Å². The van der Waals surface area contributed by atoms with E-state index in [0.29, 0.717) is 53.0 Å². The molecule has 133 heavy (non-hydrogen) atoms. The predicted molar refractivity (Wildman–Crippen MR) is 541 cm³/mol. The van der Waals surface area contributed by atoms with Gasteiger partial charge in [0.05, 0.1) is 33.8 Å². The summed E-state index contributed by atoms with van der Waals surface area (Å²) in [6, 6.07) is 159. The molecule has 0 radical (unpaired) electrons. The van der Waals surface area contributed by atoms with Crippen LogP contribution in [0.4, 0.5) is 0 Å². The van der Waals surface area contributed by atoms with E-state index in [1.807, 2.05) is 140 Å². The van der Waals surface area contributed by atoms with E-state index in [4.69, 9.17) is 54.8 Å². The van der Waals surface area contributed by atoms with Crippen molar-refractivity contribution in [3.05, 3.63) is 461 Å². The summed E-state index contributed by atoms with van der Waals surface area (Å²) in [6.07, 6.45) is 0.660. The Hall–Kier alpha value is -17.9. The lowest BCUT2D eigenvalue weighted by Gasteiger charge is -2.19. The molecule has 18 aromatic carbocycles. The maximum Gasteiger partial charge on any atom is 0.164 e. The Labute approximate surface area is 769 Å². The number of imidazole rings is 1. The Bertz CT molecular complexity index is 8230. The van der Waals surface area contributed by atoms with E-state index in [1.165, 1.54) is 5.39 Å². The summed E-state index contributed by atoms with van der Waals surface area (Å²) in [4.78, 5) is 59.1. The van der Waals surface area contributed by atoms with E-state index in [-0.39, 0.29) is 0 Å². The van der Waals surface area contributed by atoms with Crippen LogP contribution in [0.2, 0.25) is 0 Å². The highest BCUT2D eigenvalue weighted by Crippen LogP contribution is 2.48. The van der Waals surface area contributed by atoms with Gasteiger partial charge in [0.1, 0.15) is 5.82 Å². The van der Waals surface area contributed by atoms with Gasteiger partial charge in [0.15, 0.2) is 46.6 Å². The molecule has 12 heteroatoms. The molecular weight excluding hydrogens is 1620 g/mol. The van der Waals surface area contributed by atoms with Gasteiger partial charge in [-0.05, 0) is 149 Å². The van der Waals surface area contributed by atoms with Crippen LogP contribution in [0.5, 0.6) is 0 Å². The van der Waals surface area contributed by atoms with Crippen molar-refractivity contribution >= 4 is 32.6 Å². The fourth-order valence-corrected chi connectivity index (χ4v) is 18.3. The normalized spacial score (nSPS) is 11.4. The molecular formula is C121H80N12. The molecule has 0 fully saturated rings. The maximum atomic E-state index is 5.68. The molecule has 5 aromatic heterocycles. The van der Waals surface area contributed by atoms with Gasteiger partial charge in [-0.2, -0.15) is 0 Å². The van der Waals surface area contributed by atoms with E-state index < -0.39 is 0 Å². The van der Waals surface area contributed by atoms with Crippen molar-refractivity contribution in [3.8, 4) is 209 Å². The summed E-state index contributed by atoms with van der Waals surface area (Å²) < 4.78 is 2.30. The molecule has 624 valence electrons. The van der Waals surface area contributed by atoms with E-state index in [9.17, 15) is 0 Å². The Morgan fingerprint density at radius 1 is 0.173 bits per heavy atom. The zero-order valence-corrected chi connectivity index (χ0v) is 72.4. The average Bonchev–Trinajstić information content (AvgIpc) is 1.70. The van der Waals surface area contributed by atoms with Crippen molar-refractivity contribution in [3.63, 3.8) is 0 Å². The predicted octanol–water partition coefficient (Wildman–Crippen LogP) is 29.9. The lowest BCUT2D eigenvalue weighted by atomic mass is 9.86. The van der Waals surface area contributed by atoms with Gasteiger partial charge in [-0.1, -0.05) is 401 Å². The number of aryl methyl sites for hydroxylation is 1. The standard InChI is InChI=1S/C121H80N12/c1-2-113-122-111-75-86(66-69-112(111)133(113)92-54-35-52-87(71-92)104-73-90(119-129-114(81-42-16-6-17-43-81)127-115(130-119)82-44-18-7-19-45-82)64-67-99(104)96-58-29-33-63-103(96)121-131-116(83-46-20-8-21-47-83)128-117(132-121)84-48-22-9-23-49-84)85-51-34-53-89(70-85)109-76-107(79-38-12-4-13-39-79)124-120(125-109)102-62-32-30-59-97(102)100-68-65-91(74-106(100)105-72-88-50-24-25-56-94(88)95-57-27-28-60-98(95)105)118-123-108(80-40-14-5-15-41-80)77-110(126-118)101-61-31-26-55-93(101)78-36-10-3-11-37-78/h3-77H,2H2,1H3. The van der Waals surface area contributed by atoms with Crippen LogP contribution < -0.4 is 0 Å². The highest BCUT2D eigenvalue weighted by molar-refractivity contribution is 6.15. The molecule has 12 nitrogen and oxygen atoms in total. The lowest BCUT2D eigenvalue weighted by molar-refractivity contribution is 0.908. The van der Waals surface area contributed by atoms with Gasteiger partial charge in [0.25, 0.3) is 0 Å². The molecule has 0 amide bonds. The van der Waals surface area contributed by atoms with Crippen LogP contribution in [0.1, 0.15) is 12.7 Å². The second-order valence-electron chi connectivity index (χ2n) is 33.0. The van der Waals surface area contributed by atoms with Crippen LogP contribution >= 0.6 is 0 Å². The van der Waals surface area contributed by atoms with Crippen molar-refractivity contribution in [1.82, 2.24) is 59.4 Å². The number of aromatic nitrogens is 12. The number of fused-ring (bicyclic) bond motifs is 4. The number of hydrogen-bond donors (Lipinski definition) is 0. The van der Waals surface area contributed by atoms with Gasteiger partial charge in [-0.3, -0.25) is 4.57 Å². The first-order valence-corrected chi connectivity index (χ1v) is 44.8. The zero-order valence-electron chi connectivity index (χ0n) is 72.4. The summed E-state index contributed by atoms with van der Waals surface area (Å²) >= 11 is 0. The van der Waals surface area contributed by atoms with Gasteiger partial charge in [-0.15, -0.1) is 0 Å². The Balaban J connectivity index is 0.637. The van der Waals surface area contributed by atoms with Crippen molar-refractivity contribution in [2.75, 3.05) is 0 Å². The van der Waals surface area contributed by atoms with Crippen molar-refractivity contribution in [2.45, 2.75) is 13.3 Å². The smallest absolute Gasteiger partial charge is 0.164 e. The Kier molecular flexibility index (Phi) is 21.0. The highest BCUT2D eigenvalue weighted by Gasteiger charge is 2.26. The molecule has 0 saturated carbocycles. The molecule has 0 spiro atoms. The second-order valence-corrected chi connectivity index (χ2v) is 33.0. The maximum absolute atomic E-state index is 5.68. The van der Waals surface area contributed by atoms with Crippen LogP contribution in [0.15, 0.2) is 455 Å². The van der Waals surface area contributed by atoms with Crippen LogP contribution in [0.25, 0.3) is 241 Å². The second kappa shape index (κ2) is 35.1. The van der Waals surface area contributed by atoms with Crippen LogP contribution in [0.3, 0.4) is 0 Å². The lowest BCUT2D eigenvalue weighted by Crippen LogP contribution is -2.02. The van der Waals surface area contributed by atoms with Gasteiger partial charge in [0, 0.05) is 78.9 Å². The molecule has 0 aliphatic carbocycles. The van der Waals surface area contributed by atoms with E-state index in [0.717, 1.165) is 195 Å². The Morgan fingerprint density at radius 2 is 0.534 bits per heavy atom. The van der Waals surface area contributed by atoms with Gasteiger partial charge in [0.2, 0.25) is 0 Å². The van der Waals surface area contributed by atoms with Crippen LogP contribution in [-0.2, 0) is 6.42 Å². The largest absolute Gasteiger partial charge is 0.296 e. The quantitative estimate of drug-likeness (QED) is 0.0672. The highest BCUT2D eigenvalue weighted by atomic mass is 15.1. The van der Waals surface area contributed by atoms with Crippen LogP contribution in [-0.4, -0.2) is 59.4 Å². The van der Waals surface area contributed by atoms with Crippen molar-refractivity contribution < 1.29 is 0 Å². The third kappa shape index (κ3) is 15.7. The molecule has 0 unspecified atom stereocenters. The number of nitrogens with zero attached hydrogens (tertiary/aromatic N) is 12. The van der Waals surface area contributed by atoms with Gasteiger partial charge >= 0.3 is 0 Å². The number of hydrogen-bond acceptors (Lipinski definition) is 11. The first-order chi connectivity index (χ1) is 65.8. The number of benzene rings is 18. The molecule has 23 rings (SSSR count). The monoisotopic (exact) mass is 1700 g/mol. The molecule has 23 aromatic rings. The molecule has 0 atom stereocenters. The summed E-state index contributed by atoms with van der Waals surface area (Å²) in [7, 11) is 0. The molecule has 0 N–H and O–H groups in total. The molecule has 0 saturated heterocycles. The first kappa shape index (κ1) is 79.7. The van der Waals surface area contributed by atoms with E-state index >= 15 is 0 Å². The minimum absolute atomic E-state index is 0.535. The van der Waals surface area contributed by atoms with Gasteiger partial charge in [-0.25, -0.2) is 54.8 Å². The van der Waals surface area contributed by atoms with E-state index in [1.54, 1.807) is 0 Å². The van der Waals surface area contributed by atoms with Gasteiger partial charge < -0.3 is 0 Å². The summed E-state index contributed by atoms with van der Waals surface area (Å²) in [5.74, 6) is 5.47. The number of rotatable bonds is 20. The first-order valence-electron chi connectivity index (χ1n) is 44.8.